The van der Waals surface area contributed by atoms with Crippen LogP contribution in [0, 0.1) is 0 Å². The monoisotopic (exact) mass is 491 g/mol. The van der Waals surface area contributed by atoms with Gasteiger partial charge in [-0.1, -0.05) is 18.2 Å². The third-order valence-corrected chi connectivity index (χ3v) is 6.30. The number of hydrogen-bond acceptors (Lipinski definition) is 8. The first kappa shape index (κ1) is 25.0. The number of allylic oxidation sites excluding steroid dienone is 3. The van der Waals surface area contributed by atoms with Crippen LogP contribution in [-0.2, 0) is 25.7 Å². The molecule has 1 aliphatic carbocycles. The molecule has 0 fully saturated rings. The van der Waals surface area contributed by atoms with Crippen molar-refractivity contribution in [1.82, 2.24) is 5.32 Å². The van der Waals surface area contributed by atoms with Crippen LogP contribution in [0.15, 0.2) is 65.0 Å². The van der Waals surface area contributed by atoms with E-state index in [9.17, 15) is 14.4 Å². The highest BCUT2D eigenvalue weighted by Gasteiger charge is 2.39. The van der Waals surface area contributed by atoms with Crippen LogP contribution in [0.4, 0.5) is 0 Å². The molecule has 1 N–H and O–H groups in total. The van der Waals surface area contributed by atoms with Crippen molar-refractivity contribution in [3.8, 4) is 17.2 Å². The molecule has 0 spiro atoms. The Morgan fingerprint density at radius 3 is 2.42 bits per heavy atom. The molecule has 36 heavy (non-hydrogen) atoms. The number of carbonyl (C=O) groups is 3. The number of Topliss-reactive ketones (excluding diaryl/α,β-unsaturated/α-hetero) is 1. The second-order valence-electron chi connectivity index (χ2n) is 8.69. The number of methoxy groups -OCH3 is 2. The highest BCUT2D eigenvalue weighted by molar-refractivity contribution is 6.03. The maximum atomic E-state index is 13.5. The van der Waals surface area contributed by atoms with E-state index in [1.165, 1.54) is 14.0 Å². The smallest absolute Gasteiger partial charge is 0.337 e. The van der Waals surface area contributed by atoms with Crippen LogP contribution in [0.2, 0.25) is 0 Å². The highest BCUT2D eigenvalue weighted by Crippen LogP contribution is 2.44. The average Bonchev–Trinajstić information content (AvgIpc) is 2.87. The number of hydrogen-bond donors (Lipinski definition) is 1. The highest BCUT2D eigenvalue weighted by atomic mass is 16.6. The Balaban J connectivity index is 1.71. The molecule has 0 bridgehead atoms. The van der Waals surface area contributed by atoms with Crippen LogP contribution in [-0.4, -0.2) is 31.9 Å². The minimum atomic E-state index is -0.641. The zero-order valence-corrected chi connectivity index (χ0v) is 20.8. The van der Waals surface area contributed by atoms with E-state index in [0.717, 1.165) is 17.7 Å². The SMILES string of the molecule is COc1ccc(COC(=O)C2=C(C)NC3=C(C(=O)CCC3)[C@H]2c2ccc(OC(C)=O)c(OC)c2)cc1. The first-order valence-corrected chi connectivity index (χ1v) is 11.7. The van der Waals surface area contributed by atoms with Gasteiger partial charge < -0.3 is 24.3 Å². The fraction of sp³-hybridized carbons (Fsp3) is 0.321. The van der Waals surface area contributed by atoms with Crippen LogP contribution in [0.5, 0.6) is 17.2 Å². The molecular formula is C28H29NO7. The number of dihydropyridines is 1. The van der Waals surface area contributed by atoms with Gasteiger partial charge >= 0.3 is 11.9 Å². The van der Waals surface area contributed by atoms with E-state index >= 15 is 0 Å². The minimum absolute atomic E-state index is 0.00951. The molecule has 0 aromatic heterocycles. The minimum Gasteiger partial charge on any atom is -0.497 e. The van der Waals surface area contributed by atoms with Crippen molar-refractivity contribution in [2.75, 3.05) is 14.2 Å². The summed E-state index contributed by atoms with van der Waals surface area (Å²) in [6, 6.07) is 12.3. The summed E-state index contributed by atoms with van der Waals surface area (Å²) in [5.74, 6) is -0.349. The van der Waals surface area contributed by atoms with Gasteiger partial charge in [-0.15, -0.1) is 0 Å². The molecule has 188 valence electrons. The molecule has 0 saturated heterocycles. The Bertz CT molecular complexity index is 1260. The average molecular weight is 492 g/mol. The Hall–Kier alpha value is -4.07. The summed E-state index contributed by atoms with van der Waals surface area (Å²) in [6.07, 6.45) is 1.87. The molecule has 2 aromatic carbocycles. The zero-order chi connectivity index (χ0) is 25.8. The molecule has 1 heterocycles. The van der Waals surface area contributed by atoms with Crippen LogP contribution in [0.1, 0.15) is 50.2 Å². The third-order valence-electron chi connectivity index (χ3n) is 6.30. The quantitative estimate of drug-likeness (QED) is 0.451. The maximum Gasteiger partial charge on any atom is 0.337 e. The fourth-order valence-electron chi connectivity index (χ4n) is 4.64. The molecule has 1 aliphatic heterocycles. The van der Waals surface area contributed by atoms with Gasteiger partial charge in [-0.25, -0.2) is 4.79 Å². The van der Waals surface area contributed by atoms with Crippen molar-refractivity contribution in [1.29, 1.82) is 0 Å². The summed E-state index contributed by atoms with van der Waals surface area (Å²) >= 11 is 0. The van der Waals surface area contributed by atoms with E-state index in [2.05, 4.69) is 5.32 Å². The van der Waals surface area contributed by atoms with E-state index in [1.54, 1.807) is 37.4 Å². The standard InChI is InChI=1S/C28H29NO7/c1-16-25(28(32)35-15-18-8-11-20(33-3)12-9-18)26(27-21(29-16)6-5-7-22(27)31)19-10-13-23(36-17(2)30)24(14-19)34-4/h8-14,26,29H,5-7,15H2,1-4H3/t26-/m0/s1. The van der Waals surface area contributed by atoms with Crippen molar-refractivity contribution in [2.45, 2.75) is 45.6 Å². The summed E-state index contributed by atoms with van der Waals surface area (Å²) in [5.41, 5.74) is 3.86. The summed E-state index contributed by atoms with van der Waals surface area (Å²) in [7, 11) is 3.06. The Kier molecular flexibility index (Phi) is 7.43. The van der Waals surface area contributed by atoms with E-state index in [0.29, 0.717) is 46.7 Å². The molecule has 1 atom stereocenters. The van der Waals surface area contributed by atoms with Crippen LogP contribution in [0.3, 0.4) is 0 Å². The molecule has 0 radical (unpaired) electrons. The van der Waals surface area contributed by atoms with Gasteiger partial charge in [0.25, 0.3) is 0 Å². The lowest BCUT2D eigenvalue weighted by Gasteiger charge is -2.34. The topological polar surface area (TPSA) is 100 Å². The van der Waals surface area contributed by atoms with Crippen LogP contribution < -0.4 is 19.5 Å². The van der Waals surface area contributed by atoms with Crippen LogP contribution in [0.25, 0.3) is 0 Å². The lowest BCUT2D eigenvalue weighted by Crippen LogP contribution is -2.34. The van der Waals surface area contributed by atoms with Crippen molar-refractivity contribution >= 4 is 17.7 Å². The van der Waals surface area contributed by atoms with Crippen molar-refractivity contribution in [2.24, 2.45) is 0 Å². The van der Waals surface area contributed by atoms with Crippen molar-refractivity contribution in [3.05, 3.63) is 76.1 Å². The number of nitrogens with one attached hydrogen (secondary N) is 1. The maximum absolute atomic E-state index is 13.5. The Morgan fingerprint density at radius 2 is 1.75 bits per heavy atom. The largest absolute Gasteiger partial charge is 0.497 e. The Morgan fingerprint density at radius 1 is 1.00 bits per heavy atom. The predicted octanol–water partition coefficient (Wildman–Crippen LogP) is 4.34. The van der Waals surface area contributed by atoms with E-state index in [1.807, 2.05) is 19.1 Å². The fourth-order valence-corrected chi connectivity index (χ4v) is 4.64. The first-order chi connectivity index (χ1) is 17.3. The molecule has 0 saturated carbocycles. The predicted molar refractivity (Wildman–Crippen MR) is 132 cm³/mol. The molecule has 0 amide bonds. The van der Waals surface area contributed by atoms with Gasteiger partial charge in [-0.05, 0) is 55.2 Å². The van der Waals surface area contributed by atoms with Crippen molar-refractivity contribution < 1.29 is 33.3 Å². The van der Waals surface area contributed by atoms with Gasteiger partial charge in [0.15, 0.2) is 17.3 Å². The van der Waals surface area contributed by atoms with Gasteiger partial charge in [0.05, 0.1) is 19.8 Å². The number of ketones is 1. The lowest BCUT2D eigenvalue weighted by molar-refractivity contribution is -0.140. The molecule has 8 heteroatoms. The number of rotatable bonds is 7. The van der Waals surface area contributed by atoms with Gasteiger partial charge in [0.1, 0.15) is 12.4 Å². The molecule has 8 nitrogen and oxygen atoms in total. The van der Waals surface area contributed by atoms with Gasteiger partial charge in [0.2, 0.25) is 0 Å². The lowest BCUT2D eigenvalue weighted by atomic mass is 9.75. The van der Waals surface area contributed by atoms with E-state index in [4.69, 9.17) is 18.9 Å². The molecule has 2 aliphatic rings. The molecule has 0 unspecified atom stereocenters. The summed E-state index contributed by atoms with van der Waals surface area (Å²) in [6.45, 7) is 3.19. The normalized spacial score (nSPS) is 17.2. The van der Waals surface area contributed by atoms with E-state index < -0.39 is 17.9 Å². The number of carbonyl (C=O) groups excluding carboxylic acids is 3. The number of benzene rings is 2. The Labute approximate surface area is 209 Å². The first-order valence-electron chi connectivity index (χ1n) is 11.7. The zero-order valence-electron chi connectivity index (χ0n) is 20.8. The van der Waals surface area contributed by atoms with Gasteiger partial charge in [-0.2, -0.15) is 0 Å². The third kappa shape index (κ3) is 5.12. The molecular weight excluding hydrogens is 462 g/mol. The van der Waals surface area contributed by atoms with Crippen molar-refractivity contribution in [3.63, 3.8) is 0 Å². The van der Waals surface area contributed by atoms with Gasteiger partial charge in [-0.3, -0.25) is 9.59 Å². The second kappa shape index (κ2) is 10.7. The number of ether oxygens (including phenoxy) is 4. The summed E-state index contributed by atoms with van der Waals surface area (Å²) in [4.78, 5) is 38.1. The summed E-state index contributed by atoms with van der Waals surface area (Å²) in [5, 5.41) is 3.28. The molecule has 4 rings (SSSR count). The van der Waals surface area contributed by atoms with E-state index in [-0.39, 0.29) is 18.1 Å². The summed E-state index contributed by atoms with van der Waals surface area (Å²) < 4.78 is 21.6. The molecule has 2 aromatic rings. The number of esters is 2. The van der Waals surface area contributed by atoms with Gasteiger partial charge in [0, 0.05) is 36.2 Å². The van der Waals surface area contributed by atoms with Crippen LogP contribution >= 0.6 is 0 Å². The second-order valence-corrected chi connectivity index (χ2v) is 8.69.